The summed E-state index contributed by atoms with van der Waals surface area (Å²) < 4.78 is 0. The topological polar surface area (TPSA) is 127 Å². The highest BCUT2D eigenvalue weighted by Gasteiger charge is 2.40. The van der Waals surface area contributed by atoms with Crippen LogP contribution in [0.2, 0.25) is 0 Å². The second-order valence-electron chi connectivity index (χ2n) is 12.8. The van der Waals surface area contributed by atoms with Crippen LogP contribution in [-0.2, 0) is 0 Å². The lowest BCUT2D eigenvalue weighted by Crippen LogP contribution is -2.32. The second-order valence-corrected chi connectivity index (χ2v) is 12.8. The molecule has 238 valence electrons. The highest BCUT2D eigenvalue weighted by Crippen LogP contribution is 2.40. The van der Waals surface area contributed by atoms with E-state index in [4.69, 9.17) is 11.5 Å². The van der Waals surface area contributed by atoms with E-state index in [-0.39, 0.29) is 0 Å². The van der Waals surface area contributed by atoms with Crippen LogP contribution in [0, 0.1) is 41.5 Å². The summed E-state index contributed by atoms with van der Waals surface area (Å²) in [6, 6.07) is 21.7. The molecule has 48 heavy (non-hydrogen) atoms. The van der Waals surface area contributed by atoms with Crippen molar-refractivity contribution >= 4 is 46.4 Å². The zero-order valence-corrected chi connectivity index (χ0v) is 27.6. The molecule has 2 aliphatic heterocycles. The fourth-order valence-electron chi connectivity index (χ4n) is 6.84. The van der Waals surface area contributed by atoms with Crippen molar-refractivity contribution in [1.82, 2.24) is 0 Å². The number of benzene rings is 5. The third-order valence-corrected chi connectivity index (χ3v) is 9.84. The summed E-state index contributed by atoms with van der Waals surface area (Å²) in [5, 5.41) is 0. The Morgan fingerprint density at radius 1 is 0.396 bits per heavy atom. The lowest BCUT2D eigenvalue weighted by molar-refractivity contribution is 0.0909. The van der Waals surface area contributed by atoms with Crippen molar-refractivity contribution < 1.29 is 19.2 Å². The van der Waals surface area contributed by atoms with E-state index in [9.17, 15) is 19.2 Å². The van der Waals surface area contributed by atoms with Gasteiger partial charge < -0.3 is 11.5 Å². The molecule has 0 aromatic heterocycles. The number of anilines is 4. The lowest BCUT2D eigenvalue weighted by atomic mass is 9.96. The standard InChI is InChI=1S/C40H34N4O4/c1-19-13-27(14-20(2)35(19)41)25-7-9-29-31(17-25)39(47)43(37(29)45)33-11-12-34(24(6)23(33)5)44-38(46)30-10-8-26(18-32(30)40(44)48)28-15-21(3)36(42)22(4)16-28/h7-18H,41-42H2,1-6H3. The summed E-state index contributed by atoms with van der Waals surface area (Å²) in [6.45, 7) is 11.3. The number of imide groups is 2. The molecule has 0 spiro atoms. The summed E-state index contributed by atoms with van der Waals surface area (Å²) >= 11 is 0. The highest BCUT2D eigenvalue weighted by molar-refractivity contribution is 6.36. The van der Waals surface area contributed by atoms with Gasteiger partial charge in [-0.15, -0.1) is 0 Å². The van der Waals surface area contributed by atoms with Gasteiger partial charge >= 0.3 is 0 Å². The quantitative estimate of drug-likeness (QED) is 0.155. The average molecular weight is 635 g/mol. The zero-order valence-electron chi connectivity index (χ0n) is 27.6. The molecule has 5 aromatic carbocycles. The maximum atomic E-state index is 13.8. The number of nitrogens with zero attached hydrogens (tertiary/aromatic N) is 2. The number of aryl methyl sites for hydroxylation is 4. The molecule has 0 aliphatic carbocycles. The third kappa shape index (κ3) is 4.44. The highest BCUT2D eigenvalue weighted by atomic mass is 16.2. The number of nitrogen functional groups attached to an aromatic ring is 2. The number of rotatable bonds is 4. The Morgan fingerprint density at radius 3 is 1.04 bits per heavy atom. The van der Waals surface area contributed by atoms with Crippen LogP contribution in [0.4, 0.5) is 22.7 Å². The number of nitrogens with two attached hydrogens (primary N) is 2. The van der Waals surface area contributed by atoms with Crippen LogP contribution in [-0.4, -0.2) is 23.6 Å². The van der Waals surface area contributed by atoms with E-state index < -0.39 is 23.6 Å². The second kappa shape index (κ2) is 10.8. The van der Waals surface area contributed by atoms with Crippen LogP contribution in [0.5, 0.6) is 0 Å². The van der Waals surface area contributed by atoms with Crippen LogP contribution in [0.3, 0.4) is 0 Å². The Morgan fingerprint density at radius 2 is 0.708 bits per heavy atom. The van der Waals surface area contributed by atoms with Gasteiger partial charge in [-0.2, -0.15) is 0 Å². The van der Waals surface area contributed by atoms with Gasteiger partial charge in [0.1, 0.15) is 0 Å². The summed E-state index contributed by atoms with van der Waals surface area (Å²) in [4.78, 5) is 57.2. The number of amides is 4. The van der Waals surface area contributed by atoms with Crippen molar-refractivity contribution in [3.63, 3.8) is 0 Å². The Balaban J connectivity index is 1.21. The lowest BCUT2D eigenvalue weighted by Gasteiger charge is -2.23. The molecule has 0 atom stereocenters. The van der Waals surface area contributed by atoms with Crippen molar-refractivity contribution in [3.05, 3.63) is 128 Å². The van der Waals surface area contributed by atoms with E-state index in [0.29, 0.717) is 44.8 Å². The molecule has 7 rings (SSSR count). The molecule has 0 fully saturated rings. The first-order valence-corrected chi connectivity index (χ1v) is 15.7. The van der Waals surface area contributed by atoms with Crippen LogP contribution >= 0.6 is 0 Å². The molecular formula is C40H34N4O4. The first kappa shape index (κ1) is 30.6. The van der Waals surface area contributed by atoms with Gasteiger partial charge in [-0.3, -0.25) is 19.2 Å². The number of hydrogen-bond acceptors (Lipinski definition) is 6. The summed E-state index contributed by atoms with van der Waals surface area (Å²) in [6.07, 6.45) is 0. The monoisotopic (exact) mass is 634 g/mol. The minimum Gasteiger partial charge on any atom is -0.398 e. The van der Waals surface area contributed by atoms with Gasteiger partial charge in [0, 0.05) is 11.4 Å². The molecule has 4 amide bonds. The van der Waals surface area contributed by atoms with Crippen LogP contribution in [0.15, 0.2) is 72.8 Å². The first-order chi connectivity index (χ1) is 22.8. The maximum absolute atomic E-state index is 13.8. The van der Waals surface area contributed by atoms with Crippen molar-refractivity contribution in [2.75, 3.05) is 21.3 Å². The van der Waals surface area contributed by atoms with Gasteiger partial charge in [0.05, 0.1) is 33.6 Å². The van der Waals surface area contributed by atoms with Crippen LogP contribution in [0.25, 0.3) is 22.3 Å². The summed E-state index contributed by atoms with van der Waals surface area (Å²) in [5.41, 5.74) is 24.2. The summed E-state index contributed by atoms with van der Waals surface area (Å²) in [7, 11) is 0. The fourth-order valence-corrected chi connectivity index (χ4v) is 6.84. The maximum Gasteiger partial charge on any atom is 0.266 e. The molecule has 2 heterocycles. The molecule has 0 bridgehead atoms. The molecule has 4 N–H and O–H groups in total. The van der Waals surface area contributed by atoms with E-state index in [0.717, 1.165) is 55.9 Å². The molecule has 5 aromatic rings. The van der Waals surface area contributed by atoms with E-state index in [2.05, 4.69) is 0 Å². The van der Waals surface area contributed by atoms with Gasteiger partial charge in [0.2, 0.25) is 0 Å². The zero-order chi connectivity index (χ0) is 34.3. The average Bonchev–Trinajstić information content (AvgIpc) is 3.46. The third-order valence-electron chi connectivity index (χ3n) is 9.84. The normalized spacial score (nSPS) is 13.9. The number of carbonyl (C=O) groups excluding carboxylic acids is 4. The Labute approximate surface area is 278 Å². The predicted octanol–water partition coefficient (Wildman–Crippen LogP) is 7.64. The Kier molecular flexibility index (Phi) is 6.87. The van der Waals surface area contributed by atoms with Gasteiger partial charge in [0.15, 0.2) is 0 Å². The summed E-state index contributed by atoms with van der Waals surface area (Å²) in [5.74, 6) is -1.72. The molecule has 2 aliphatic rings. The molecule has 0 saturated heterocycles. The van der Waals surface area contributed by atoms with Gasteiger partial charge in [-0.25, -0.2) is 9.80 Å². The van der Waals surface area contributed by atoms with E-state index in [1.807, 2.05) is 64.1 Å². The minimum atomic E-state index is -0.433. The number of hydrogen-bond donors (Lipinski definition) is 2. The van der Waals surface area contributed by atoms with E-state index in [1.165, 1.54) is 9.80 Å². The van der Waals surface area contributed by atoms with Gasteiger partial charge in [-0.1, -0.05) is 12.1 Å². The van der Waals surface area contributed by atoms with E-state index in [1.54, 1.807) is 50.2 Å². The first-order valence-electron chi connectivity index (χ1n) is 15.7. The van der Waals surface area contributed by atoms with Crippen LogP contribution in [0.1, 0.15) is 74.8 Å². The number of fused-ring (bicyclic) bond motifs is 2. The Bertz CT molecular complexity index is 2110. The number of carbonyl (C=O) groups is 4. The molecule has 0 unspecified atom stereocenters. The van der Waals surface area contributed by atoms with Crippen molar-refractivity contribution in [2.24, 2.45) is 0 Å². The van der Waals surface area contributed by atoms with Crippen LogP contribution < -0.4 is 21.3 Å². The SMILES string of the molecule is Cc1cc(-c2ccc3c(c2)C(=O)N(c2ccc(N4C(=O)c5ccc(-c6cc(C)c(N)c(C)c6)cc5C4=O)c(C)c2C)C3=O)cc(C)c1N. The van der Waals surface area contributed by atoms with Gasteiger partial charge in [0.25, 0.3) is 23.6 Å². The molecule has 8 heteroatoms. The smallest absolute Gasteiger partial charge is 0.266 e. The largest absolute Gasteiger partial charge is 0.398 e. The fraction of sp³-hybridized carbons (Fsp3) is 0.150. The van der Waals surface area contributed by atoms with Crippen molar-refractivity contribution in [3.8, 4) is 22.3 Å². The molecular weight excluding hydrogens is 600 g/mol. The van der Waals surface area contributed by atoms with Gasteiger partial charge in [-0.05, 0) is 158 Å². The molecule has 0 saturated carbocycles. The minimum absolute atomic E-state index is 0.313. The molecule has 0 radical (unpaired) electrons. The predicted molar refractivity (Wildman–Crippen MR) is 190 cm³/mol. The molecule has 8 nitrogen and oxygen atoms in total. The Hall–Kier alpha value is -6.02. The van der Waals surface area contributed by atoms with E-state index >= 15 is 0 Å². The van der Waals surface area contributed by atoms with Crippen molar-refractivity contribution in [2.45, 2.75) is 41.5 Å². The van der Waals surface area contributed by atoms with Crippen molar-refractivity contribution in [1.29, 1.82) is 0 Å².